The van der Waals surface area contributed by atoms with Gasteiger partial charge in [0, 0.05) is 32.1 Å². The molecule has 2 aromatic rings. The fourth-order valence-electron chi connectivity index (χ4n) is 1.93. The molecular formula is C14H15Br2N3O2. The maximum atomic E-state index is 12.2. The minimum atomic E-state index is -0.283. The summed E-state index contributed by atoms with van der Waals surface area (Å²) in [6.45, 7) is 3.70. The van der Waals surface area contributed by atoms with Crippen LogP contribution in [0, 0.1) is 0 Å². The average Bonchev–Trinajstić information content (AvgIpc) is 2.78. The van der Waals surface area contributed by atoms with Crippen molar-refractivity contribution in [2.24, 2.45) is 0 Å². The highest BCUT2D eigenvalue weighted by Gasteiger charge is 2.14. The Labute approximate surface area is 139 Å². The van der Waals surface area contributed by atoms with Crippen LogP contribution >= 0.6 is 31.9 Å². The average molecular weight is 417 g/mol. The van der Waals surface area contributed by atoms with Gasteiger partial charge in [0.15, 0.2) is 0 Å². The summed E-state index contributed by atoms with van der Waals surface area (Å²) in [5.74, 6) is -0.489. The molecule has 112 valence electrons. The Kier molecular flexibility index (Phi) is 5.05. The Morgan fingerprint density at radius 1 is 1.24 bits per heavy atom. The predicted octanol–water partition coefficient (Wildman–Crippen LogP) is 2.95. The van der Waals surface area contributed by atoms with Gasteiger partial charge in [0.2, 0.25) is 5.91 Å². The number of benzene rings is 1. The smallest absolute Gasteiger partial charge is 0.253 e. The zero-order chi connectivity index (χ0) is 15.6. The molecule has 0 radical (unpaired) electrons. The van der Waals surface area contributed by atoms with E-state index in [1.807, 2.05) is 26.0 Å². The van der Waals surface area contributed by atoms with E-state index in [0.29, 0.717) is 5.56 Å². The molecule has 1 aromatic carbocycles. The summed E-state index contributed by atoms with van der Waals surface area (Å²) in [5.41, 5.74) is 1.36. The minimum Gasteiger partial charge on any atom is -0.360 e. The summed E-state index contributed by atoms with van der Waals surface area (Å²) in [6.07, 6.45) is 1.64. The Morgan fingerprint density at radius 3 is 2.57 bits per heavy atom. The number of amides is 2. The van der Waals surface area contributed by atoms with Gasteiger partial charge in [-0.3, -0.25) is 9.59 Å². The fraction of sp³-hybridized carbons (Fsp3) is 0.286. The molecule has 3 N–H and O–H groups in total. The second kappa shape index (κ2) is 6.62. The molecule has 0 fully saturated rings. The predicted molar refractivity (Wildman–Crippen MR) is 89.3 cm³/mol. The molecule has 0 saturated carbocycles. The van der Waals surface area contributed by atoms with Gasteiger partial charge in [-0.25, -0.2) is 0 Å². The van der Waals surface area contributed by atoms with Crippen molar-refractivity contribution in [2.75, 3.05) is 6.54 Å². The molecule has 0 aliphatic rings. The molecule has 2 rings (SSSR count). The summed E-state index contributed by atoms with van der Waals surface area (Å²) in [7, 11) is 0. The van der Waals surface area contributed by atoms with Gasteiger partial charge in [-0.2, -0.15) is 0 Å². The summed E-state index contributed by atoms with van der Waals surface area (Å²) in [6, 6.07) is 3.80. The molecular weight excluding hydrogens is 402 g/mol. The molecule has 0 aliphatic heterocycles. The SMILES string of the molecule is CC(C)NC(=O)CNC(=O)c1c[nH]c2cc(Br)c(Br)cc12. The Bertz CT molecular complexity index is 695. The lowest BCUT2D eigenvalue weighted by Gasteiger charge is -2.09. The van der Waals surface area contributed by atoms with Crippen molar-refractivity contribution in [3.63, 3.8) is 0 Å². The van der Waals surface area contributed by atoms with Crippen LogP contribution in [0.4, 0.5) is 0 Å². The maximum Gasteiger partial charge on any atom is 0.253 e. The lowest BCUT2D eigenvalue weighted by molar-refractivity contribution is -0.120. The fourth-order valence-corrected chi connectivity index (χ4v) is 2.62. The number of rotatable bonds is 4. The molecule has 0 unspecified atom stereocenters. The van der Waals surface area contributed by atoms with E-state index in [0.717, 1.165) is 19.8 Å². The van der Waals surface area contributed by atoms with Crippen LogP contribution in [0.15, 0.2) is 27.3 Å². The van der Waals surface area contributed by atoms with Crippen molar-refractivity contribution in [3.8, 4) is 0 Å². The third-order valence-electron chi connectivity index (χ3n) is 2.83. The van der Waals surface area contributed by atoms with Crippen LogP contribution in [0.2, 0.25) is 0 Å². The first kappa shape index (κ1) is 16.0. The normalized spacial score (nSPS) is 10.9. The highest BCUT2D eigenvalue weighted by molar-refractivity contribution is 9.13. The Hall–Kier alpha value is -1.34. The molecule has 21 heavy (non-hydrogen) atoms. The van der Waals surface area contributed by atoms with Gasteiger partial charge in [-0.05, 0) is 57.8 Å². The van der Waals surface area contributed by atoms with E-state index in [9.17, 15) is 9.59 Å². The van der Waals surface area contributed by atoms with E-state index >= 15 is 0 Å². The maximum absolute atomic E-state index is 12.2. The van der Waals surface area contributed by atoms with Crippen molar-refractivity contribution in [2.45, 2.75) is 19.9 Å². The Balaban J connectivity index is 2.13. The number of carbonyl (C=O) groups excluding carboxylic acids is 2. The summed E-state index contributed by atoms with van der Waals surface area (Å²) >= 11 is 6.83. The number of aromatic nitrogens is 1. The third kappa shape index (κ3) is 3.85. The molecule has 0 atom stereocenters. The molecule has 5 nitrogen and oxygen atoms in total. The van der Waals surface area contributed by atoms with Crippen molar-refractivity contribution < 1.29 is 9.59 Å². The van der Waals surface area contributed by atoms with E-state index < -0.39 is 0 Å². The van der Waals surface area contributed by atoms with Gasteiger partial charge < -0.3 is 15.6 Å². The van der Waals surface area contributed by atoms with Crippen LogP contribution in [0.1, 0.15) is 24.2 Å². The number of aromatic amines is 1. The summed E-state index contributed by atoms with van der Waals surface area (Å²) in [4.78, 5) is 26.8. The Morgan fingerprint density at radius 2 is 1.90 bits per heavy atom. The summed E-state index contributed by atoms with van der Waals surface area (Å²) < 4.78 is 1.77. The second-order valence-electron chi connectivity index (χ2n) is 4.92. The molecule has 2 amide bonds. The number of fused-ring (bicyclic) bond motifs is 1. The van der Waals surface area contributed by atoms with Gasteiger partial charge in [-0.1, -0.05) is 0 Å². The quantitative estimate of drug-likeness (QED) is 0.716. The molecule has 1 heterocycles. The van der Waals surface area contributed by atoms with Crippen LogP contribution < -0.4 is 10.6 Å². The van der Waals surface area contributed by atoms with Gasteiger partial charge in [0.25, 0.3) is 5.91 Å². The number of hydrogen-bond acceptors (Lipinski definition) is 2. The summed E-state index contributed by atoms with van der Waals surface area (Å²) in [5, 5.41) is 6.14. The van der Waals surface area contributed by atoms with Gasteiger partial charge in [0.1, 0.15) is 0 Å². The van der Waals surface area contributed by atoms with Crippen LogP contribution in [0.5, 0.6) is 0 Å². The van der Waals surface area contributed by atoms with Gasteiger partial charge >= 0.3 is 0 Å². The van der Waals surface area contributed by atoms with Crippen molar-refractivity contribution in [3.05, 3.63) is 32.8 Å². The van der Waals surface area contributed by atoms with Crippen LogP contribution in [-0.2, 0) is 4.79 Å². The first-order valence-electron chi connectivity index (χ1n) is 6.42. The van der Waals surface area contributed by atoms with E-state index in [-0.39, 0.29) is 24.4 Å². The highest BCUT2D eigenvalue weighted by Crippen LogP contribution is 2.29. The lowest BCUT2D eigenvalue weighted by Crippen LogP contribution is -2.39. The van der Waals surface area contributed by atoms with E-state index in [1.54, 1.807) is 6.20 Å². The molecule has 0 spiro atoms. The number of halogens is 2. The van der Waals surface area contributed by atoms with Crippen LogP contribution in [0.3, 0.4) is 0 Å². The van der Waals surface area contributed by atoms with Crippen molar-refractivity contribution >= 4 is 54.6 Å². The number of nitrogens with one attached hydrogen (secondary N) is 3. The van der Waals surface area contributed by atoms with E-state index in [1.165, 1.54) is 0 Å². The zero-order valence-electron chi connectivity index (χ0n) is 11.6. The van der Waals surface area contributed by atoms with Gasteiger partial charge in [0.05, 0.1) is 12.1 Å². The van der Waals surface area contributed by atoms with Crippen LogP contribution in [0.25, 0.3) is 10.9 Å². The number of H-pyrrole nitrogens is 1. The first-order chi connectivity index (χ1) is 9.88. The second-order valence-corrected chi connectivity index (χ2v) is 6.63. The molecule has 0 bridgehead atoms. The largest absolute Gasteiger partial charge is 0.360 e. The van der Waals surface area contributed by atoms with Crippen molar-refractivity contribution in [1.82, 2.24) is 15.6 Å². The molecule has 0 aliphatic carbocycles. The highest BCUT2D eigenvalue weighted by atomic mass is 79.9. The van der Waals surface area contributed by atoms with Gasteiger partial charge in [-0.15, -0.1) is 0 Å². The first-order valence-corrected chi connectivity index (χ1v) is 8.00. The monoisotopic (exact) mass is 415 g/mol. The standard InChI is InChI=1S/C14H15Br2N3O2/c1-7(2)19-13(20)6-18-14(21)9-5-17-12-4-11(16)10(15)3-8(9)12/h3-5,7,17H,6H2,1-2H3,(H,18,21)(H,19,20). The molecule has 7 heteroatoms. The number of hydrogen-bond donors (Lipinski definition) is 3. The number of carbonyl (C=O) groups is 2. The lowest BCUT2D eigenvalue weighted by atomic mass is 10.1. The molecule has 1 aromatic heterocycles. The van der Waals surface area contributed by atoms with E-state index in [2.05, 4.69) is 47.5 Å². The van der Waals surface area contributed by atoms with Crippen molar-refractivity contribution in [1.29, 1.82) is 0 Å². The zero-order valence-corrected chi connectivity index (χ0v) is 14.8. The van der Waals surface area contributed by atoms with Crippen LogP contribution in [-0.4, -0.2) is 29.4 Å². The topological polar surface area (TPSA) is 74.0 Å². The molecule has 0 saturated heterocycles. The minimum absolute atomic E-state index is 0.0403. The van der Waals surface area contributed by atoms with E-state index in [4.69, 9.17) is 0 Å². The third-order valence-corrected chi connectivity index (χ3v) is 4.67.